The van der Waals surface area contributed by atoms with Crippen LogP contribution in [0.3, 0.4) is 0 Å². The second-order valence-corrected chi connectivity index (χ2v) is 6.83. The summed E-state index contributed by atoms with van der Waals surface area (Å²) in [5, 5.41) is 0. The van der Waals surface area contributed by atoms with Crippen LogP contribution >= 0.6 is 12.0 Å². The van der Waals surface area contributed by atoms with Crippen molar-refractivity contribution < 1.29 is 8.92 Å². The van der Waals surface area contributed by atoms with Crippen LogP contribution in [-0.4, -0.2) is 25.1 Å². The highest BCUT2D eigenvalue weighted by atomic mass is 32.2. The molecule has 0 radical (unpaired) electrons. The molecule has 1 fully saturated rings. The topological polar surface area (TPSA) is 18.5 Å². The molecule has 112 valence electrons. The summed E-state index contributed by atoms with van der Waals surface area (Å²) >= 11 is 1.47. The summed E-state index contributed by atoms with van der Waals surface area (Å²) in [6, 6.07) is 10.8. The Bertz CT molecular complexity index is 391. The van der Waals surface area contributed by atoms with Gasteiger partial charge in [-0.15, -0.1) is 0 Å². The molecule has 1 heterocycles. The molecule has 2 rings (SSSR count). The Morgan fingerprint density at radius 2 is 2.10 bits per heavy atom. The predicted octanol–water partition coefficient (Wildman–Crippen LogP) is 4.35. The number of hydrogen-bond donors (Lipinski definition) is 0. The van der Waals surface area contributed by atoms with Crippen molar-refractivity contribution in [3.05, 3.63) is 35.9 Å². The van der Waals surface area contributed by atoms with E-state index in [-0.39, 0.29) is 5.60 Å². The molecule has 2 unspecified atom stereocenters. The third-order valence-corrected chi connectivity index (χ3v) is 4.51. The molecule has 0 saturated carbocycles. The number of benzene rings is 1. The van der Waals surface area contributed by atoms with E-state index in [9.17, 15) is 0 Å². The molecular formula is C17H26O2S. The summed E-state index contributed by atoms with van der Waals surface area (Å²) in [6.07, 6.45) is 5.37. The minimum atomic E-state index is 0.0111. The standard InChI is InChI=1S/C17H26O2S/c1-17(2)12-15(9-10-18-17)16(13-19-20-3)11-14-7-5-4-6-8-14/h4-8,15-16H,9-13H2,1-3H3. The van der Waals surface area contributed by atoms with Crippen molar-refractivity contribution in [1.29, 1.82) is 0 Å². The van der Waals surface area contributed by atoms with E-state index in [1.807, 2.05) is 6.26 Å². The first-order chi connectivity index (χ1) is 9.61. The molecule has 3 heteroatoms. The largest absolute Gasteiger partial charge is 0.376 e. The highest BCUT2D eigenvalue weighted by molar-refractivity contribution is 7.93. The SMILES string of the molecule is CSOCC(Cc1ccccc1)C1CCOC(C)(C)C1. The third-order valence-electron chi connectivity index (χ3n) is 4.14. The Balaban J connectivity index is 2.02. The second kappa shape index (κ2) is 7.48. The lowest BCUT2D eigenvalue weighted by atomic mass is 9.77. The smallest absolute Gasteiger partial charge is 0.0647 e. The van der Waals surface area contributed by atoms with E-state index in [2.05, 4.69) is 44.2 Å². The van der Waals surface area contributed by atoms with Gasteiger partial charge < -0.3 is 8.92 Å². The van der Waals surface area contributed by atoms with E-state index in [1.165, 1.54) is 17.6 Å². The van der Waals surface area contributed by atoms with E-state index in [0.29, 0.717) is 11.8 Å². The van der Waals surface area contributed by atoms with Crippen molar-refractivity contribution in [2.75, 3.05) is 19.5 Å². The summed E-state index contributed by atoms with van der Waals surface area (Å²) in [5.74, 6) is 1.26. The van der Waals surface area contributed by atoms with E-state index < -0.39 is 0 Å². The molecule has 0 aliphatic carbocycles. The summed E-state index contributed by atoms with van der Waals surface area (Å²) in [4.78, 5) is 0. The molecule has 1 aliphatic heterocycles. The van der Waals surface area contributed by atoms with Crippen molar-refractivity contribution in [2.24, 2.45) is 11.8 Å². The second-order valence-electron chi connectivity index (χ2n) is 6.26. The number of ether oxygens (including phenoxy) is 1. The summed E-state index contributed by atoms with van der Waals surface area (Å²) in [7, 11) is 0. The molecule has 1 aromatic carbocycles. The zero-order valence-corrected chi connectivity index (χ0v) is 13.6. The lowest BCUT2D eigenvalue weighted by Crippen LogP contribution is -2.38. The minimum Gasteiger partial charge on any atom is -0.376 e. The van der Waals surface area contributed by atoms with Gasteiger partial charge in [-0.2, -0.15) is 0 Å². The fourth-order valence-corrected chi connectivity index (χ4v) is 3.43. The molecule has 1 aromatic rings. The average Bonchev–Trinajstić information content (AvgIpc) is 2.43. The van der Waals surface area contributed by atoms with Crippen molar-refractivity contribution >= 4 is 12.0 Å². The van der Waals surface area contributed by atoms with E-state index in [0.717, 1.165) is 32.5 Å². The molecular weight excluding hydrogens is 268 g/mol. The summed E-state index contributed by atoms with van der Waals surface area (Å²) in [5.41, 5.74) is 1.42. The van der Waals surface area contributed by atoms with Crippen LogP contribution in [0.4, 0.5) is 0 Å². The fourth-order valence-electron chi connectivity index (χ4n) is 3.12. The maximum Gasteiger partial charge on any atom is 0.0647 e. The Morgan fingerprint density at radius 3 is 2.75 bits per heavy atom. The molecule has 2 nitrogen and oxygen atoms in total. The Labute approximate surface area is 127 Å². The maximum atomic E-state index is 5.85. The molecule has 0 amide bonds. The highest BCUT2D eigenvalue weighted by Crippen LogP contribution is 2.35. The number of hydrogen-bond acceptors (Lipinski definition) is 3. The average molecular weight is 294 g/mol. The first kappa shape index (κ1) is 15.9. The monoisotopic (exact) mass is 294 g/mol. The van der Waals surface area contributed by atoms with Gasteiger partial charge in [-0.3, -0.25) is 0 Å². The van der Waals surface area contributed by atoms with Crippen LogP contribution in [0.2, 0.25) is 0 Å². The zero-order valence-electron chi connectivity index (χ0n) is 12.8. The molecule has 20 heavy (non-hydrogen) atoms. The summed E-state index contributed by atoms with van der Waals surface area (Å²) < 4.78 is 11.5. The van der Waals surface area contributed by atoms with E-state index in [1.54, 1.807) is 0 Å². The van der Waals surface area contributed by atoms with Crippen molar-refractivity contribution in [1.82, 2.24) is 0 Å². The van der Waals surface area contributed by atoms with Crippen LogP contribution in [0.1, 0.15) is 32.3 Å². The van der Waals surface area contributed by atoms with Crippen LogP contribution in [-0.2, 0) is 15.3 Å². The Hall–Kier alpha value is -0.510. The van der Waals surface area contributed by atoms with Gasteiger partial charge in [0.2, 0.25) is 0 Å². The maximum absolute atomic E-state index is 5.85. The molecule has 2 atom stereocenters. The normalized spacial score (nSPS) is 23.4. The molecule has 1 saturated heterocycles. The van der Waals surface area contributed by atoms with Crippen molar-refractivity contribution in [2.45, 2.75) is 38.7 Å². The lowest BCUT2D eigenvalue weighted by molar-refractivity contribution is -0.0849. The van der Waals surface area contributed by atoms with Crippen LogP contribution in [0.25, 0.3) is 0 Å². The van der Waals surface area contributed by atoms with Gasteiger partial charge in [-0.05, 0) is 62.6 Å². The first-order valence-electron chi connectivity index (χ1n) is 7.44. The Kier molecular flexibility index (Phi) is 5.94. The first-order valence-corrected chi connectivity index (χ1v) is 8.59. The van der Waals surface area contributed by atoms with E-state index >= 15 is 0 Å². The highest BCUT2D eigenvalue weighted by Gasteiger charge is 2.33. The van der Waals surface area contributed by atoms with Crippen LogP contribution < -0.4 is 0 Å². The van der Waals surface area contributed by atoms with Crippen molar-refractivity contribution in [3.63, 3.8) is 0 Å². The van der Waals surface area contributed by atoms with Crippen LogP contribution in [0.5, 0.6) is 0 Å². The van der Waals surface area contributed by atoms with Gasteiger partial charge in [-0.25, -0.2) is 0 Å². The van der Waals surface area contributed by atoms with Gasteiger partial charge in [-0.1, -0.05) is 30.3 Å². The minimum absolute atomic E-state index is 0.0111. The fraction of sp³-hybridized carbons (Fsp3) is 0.647. The quantitative estimate of drug-likeness (QED) is 0.727. The molecule has 0 spiro atoms. The molecule has 1 aliphatic rings. The number of rotatable bonds is 6. The van der Waals surface area contributed by atoms with Crippen LogP contribution in [0, 0.1) is 11.8 Å². The molecule has 0 N–H and O–H groups in total. The Morgan fingerprint density at radius 1 is 1.35 bits per heavy atom. The predicted molar refractivity (Wildman–Crippen MR) is 85.9 cm³/mol. The van der Waals surface area contributed by atoms with Gasteiger partial charge in [0.25, 0.3) is 0 Å². The molecule has 0 bridgehead atoms. The van der Waals surface area contributed by atoms with E-state index in [4.69, 9.17) is 8.92 Å². The van der Waals surface area contributed by atoms with Crippen molar-refractivity contribution in [3.8, 4) is 0 Å². The zero-order chi connectivity index (χ0) is 14.4. The van der Waals surface area contributed by atoms with Gasteiger partial charge >= 0.3 is 0 Å². The van der Waals surface area contributed by atoms with Crippen LogP contribution in [0.15, 0.2) is 30.3 Å². The molecule has 0 aromatic heterocycles. The van der Waals surface area contributed by atoms with Gasteiger partial charge in [0, 0.05) is 12.9 Å². The van der Waals surface area contributed by atoms with Gasteiger partial charge in [0.05, 0.1) is 12.2 Å². The third kappa shape index (κ3) is 4.80. The van der Waals surface area contributed by atoms with Gasteiger partial charge in [0.1, 0.15) is 0 Å². The lowest BCUT2D eigenvalue weighted by Gasteiger charge is -2.39. The summed E-state index contributed by atoms with van der Waals surface area (Å²) in [6.45, 7) is 6.11. The van der Waals surface area contributed by atoms with Gasteiger partial charge in [0.15, 0.2) is 0 Å².